The first kappa shape index (κ1) is 16.7. The van der Waals surface area contributed by atoms with Gasteiger partial charge in [0.1, 0.15) is 5.37 Å². The Morgan fingerprint density at radius 3 is 1.69 bits per heavy atom. The summed E-state index contributed by atoms with van der Waals surface area (Å²) >= 11 is 0. The van der Waals surface area contributed by atoms with Crippen LogP contribution in [-0.2, 0) is 15.6 Å². The zero-order valence-electron chi connectivity index (χ0n) is 14.2. The maximum absolute atomic E-state index is 13.1. The normalized spacial score (nSPS) is 17.8. The van der Waals surface area contributed by atoms with E-state index in [1.54, 1.807) is 4.90 Å². The van der Waals surface area contributed by atoms with Crippen LogP contribution in [0.4, 0.5) is 0 Å². The minimum Gasteiger partial charge on any atom is -0.316 e. The van der Waals surface area contributed by atoms with E-state index in [2.05, 4.69) is 0 Å². The summed E-state index contributed by atoms with van der Waals surface area (Å²) in [7, 11) is -1.26. The summed E-state index contributed by atoms with van der Waals surface area (Å²) in [5, 5.41) is -0.310. The van der Waals surface area contributed by atoms with Gasteiger partial charge in [0.05, 0.1) is 23.3 Å². The highest BCUT2D eigenvalue weighted by molar-refractivity contribution is 7.85. The lowest BCUT2D eigenvalue weighted by atomic mass is 9.94. The van der Waals surface area contributed by atoms with Crippen LogP contribution in [-0.4, -0.2) is 20.4 Å². The van der Waals surface area contributed by atoms with E-state index in [0.717, 1.165) is 16.0 Å². The topological polar surface area (TPSA) is 37.4 Å². The highest BCUT2D eigenvalue weighted by Crippen LogP contribution is 2.39. The number of benzene rings is 3. The number of likely N-dealkylation sites (tertiary alicyclic amines) is 1. The zero-order valence-corrected chi connectivity index (χ0v) is 15.0. The van der Waals surface area contributed by atoms with Crippen molar-refractivity contribution in [2.24, 2.45) is 0 Å². The summed E-state index contributed by atoms with van der Waals surface area (Å²) in [6.07, 6.45) is 0.317. The maximum atomic E-state index is 13.1. The number of nitrogens with zero attached hydrogens (tertiary/aromatic N) is 1. The summed E-state index contributed by atoms with van der Waals surface area (Å²) in [5.41, 5.74) is 2.06. The molecule has 0 spiro atoms. The molecular weight excluding hydrogens is 342 g/mol. The predicted octanol–water partition coefficient (Wildman–Crippen LogP) is 4.14. The monoisotopic (exact) mass is 361 g/mol. The van der Waals surface area contributed by atoms with E-state index in [9.17, 15) is 9.00 Å². The quantitative estimate of drug-likeness (QED) is 0.641. The Morgan fingerprint density at radius 1 is 0.769 bits per heavy atom. The van der Waals surface area contributed by atoms with E-state index in [4.69, 9.17) is 0 Å². The van der Waals surface area contributed by atoms with Crippen LogP contribution in [0, 0.1) is 0 Å². The molecule has 2 unspecified atom stereocenters. The molecule has 0 bridgehead atoms. The van der Waals surface area contributed by atoms with Gasteiger partial charge in [0.25, 0.3) is 0 Å². The van der Waals surface area contributed by atoms with Crippen molar-refractivity contribution in [3.05, 3.63) is 102 Å². The molecule has 26 heavy (non-hydrogen) atoms. The third-order valence-corrected chi connectivity index (χ3v) is 6.30. The molecule has 0 N–H and O–H groups in total. The summed E-state index contributed by atoms with van der Waals surface area (Å²) in [4.78, 5) is 15.1. The third-order valence-electron chi connectivity index (χ3n) is 4.68. The SMILES string of the molecule is O=C1CC(S(=O)c2ccccc2)N1C(c1ccccc1)c1ccccc1. The molecule has 0 radical (unpaired) electrons. The van der Waals surface area contributed by atoms with Crippen LogP contribution in [0.15, 0.2) is 95.9 Å². The molecule has 130 valence electrons. The minimum absolute atomic E-state index is 0.0389. The fourth-order valence-corrected chi connectivity index (χ4v) is 4.87. The molecule has 0 aliphatic carbocycles. The summed E-state index contributed by atoms with van der Waals surface area (Å²) in [6, 6.07) is 29.0. The Labute approximate surface area is 155 Å². The van der Waals surface area contributed by atoms with Crippen molar-refractivity contribution in [3.8, 4) is 0 Å². The molecule has 3 nitrogen and oxygen atoms in total. The zero-order chi connectivity index (χ0) is 17.9. The molecule has 1 saturated heterocycles. The van der Waals surface area contributed by atoms with Crippen LogP contribution in [0.2, 0.25) is 0 Å². The third kappa shape index (κ3) is 3.08. The highest BCUT2D eigenvalue weighted by Gasteiger charge is 2.45. The van der Waals surface area contributed by atoms with Gasteiger partial charge in [-0.15, -0.1) is 0 Å². The number of hydrogen-bond acceptors (Lipinski definition) is 2. The van der Waals surface area contributed by atoms with Crippen molar-refractivity contribution >= 4 is 16.7 Å². The molecule has 0 saturated carbocycles. The number of β-lactam (4-membered cyclic amide) rings is 1. The molecular formula is C22H19NO2S. The van der Waals surface area contributed by atoms with Crippen molar-refractivity contribution in [1.82, 2.24) is 4.90 Å². The maximum Gasteiger partial charge on any atom is 0.227 e. The van der Waals surface area contributed by atoms with Crippen molar-refractivity contribution < 1.29 is 9.00 Å². The van der Waals surface area contributed by atoms with Gasteiger partial charge < -0.3 is 4.90 Å². The molecule has 1 aliphatic rings. The fourth-order valence-electron chi connectivity index (χ4n) is 3.39. The molecule has 1 amide bonds. The first-order valence-electron chi connectivity index (χ1n) is 8.62. The molecule has 3 aromatic rings. The highest BCUT2D eigenvalue weighted by atomic mass is 32.2. The van der Waals surface area contributed by atoms with Crippen LogP contribution in [0.3, 0.4) is 0 Å². The van der Waals surface area contributed by atoms with Gasteiger partial charge in [-0.2, -0.15) is 0 Å². The fraction of sp³-hybridized carbons (Fsp3) is 0.136. The van der Waals surface area contributed by atoms with Crippen molar-refractivity contribution in [1.29, 1.82) is 0 Å². The first-order chi connectivity index (χ1) is 12.8. The lowest BCUT2D eigenvalue weighted by molar-refractivity contribution is -0.144. The lowest BCUT2D eigenvalue weighted by Gasteiger charge is -2.45. The largest absolute Gasteiger partial charge is 0.316 e. The number of hydrogen-bond donors (Lipinski definition) is 0. The van der Waals surface area contributed by atoms with Gasteiger partial charge in [0.2, 0.25) is 5.91 Å². The predicted molar refractivity (Wildman–Crippen MR) is 103 cm³/mol. The molecule has 4 rings (SSSR count). The summed E-state index contributed by atoms with van der Waals surface area (Å²) in [6.45, 7) is 0. The van der Waals surface area contributed by atoms with Gasteiger partial charge in [-0.05, 0) is 23.3 Å². The van der Waals surface area contributed by atoms with Gasteiger partial charge in [-0.25, -0.2) is 0 Å². The van der Waals surface area contributed by atoms with Gasteiger partial charge >= 0.3 is 0 Å². The number of carbonyl (C=O) groups is 1. The Morgan fingerprint density at radius 2 is 1.23 bits per heavy atom. The average molecular weight is 361 g/mol. The van der Waals surface area contributed by atoms with Gasteiger partial charge in [-0.3, -0.25) is 9.00 Å². The standard InChI is InChI=1S/C22H19NO2S/c24-20-16-21(26(25)19-14-8-3-9-15-19)23(20)22(17-10-4-1-5-11-17)18-12-6-2-7-13-18/h1-15,21-22H,16H2. The molecule has 4 heteroatoms. The summed E-state index contributed by atoms with van der Waals surface area (Å²) in [5.74, 6) is 0.0389. The van der Waals surface area contributed by atoms with E-state index in [1.807, 2.05) is 91.0 Å². The van der Waals surface area contributed by atoms with E-state index >= 15 is 0 Å². The number of carbonyl (C=O) groups excluding carboxylic acids is 1. The van der Waals surface area contributed by atoms with E-state index in [0.29, 0.717) is 6.42 Å². The molecule has 3 aromatic carbocycles. The van der Waals surface area contributed by atoms with Crippen LogP contribution >= 0.6 is 0 Å². The van der Waals surface area contributed by atoms with Crippen LogP contribution in [0.1, 0.15) is 23.6 Å². The Kier molecular flexibility index (Phi) is 4.67. The number of rotatable bonds is 5. The molecule has 0 aromatic heterocycles. The Bertz CT molecular complexity index is 873. The van der Waals surface area contributed by atoms with Crippen molar-refractivity contribution in [2.75, 3.05) is 0 Å². The van der Waals surface area contributed by atoms with Crippen LogP contribution < -0.4 is 0 Å². The van der Waals surface area contributed by atoms with Gasteiger partial charge in [0.15, 0.2) is 0 Å². The second kappa shape index (κ2) is 7.26. The first-order valence-corrected chi connectivity index (χ1v) is 9.83. The van der Waals surface area contributed by atoms with Gasteiger partial charge in [0, 0.05) is 4.90 Å². The second-order valence-electron chi connectivity index (χ2n) is 6.29. The molecule has 2 atom stereocenters. The Hall–Kier alpha value is -2.72. The molecule has 1 fully saturated rings. The van der Waals surface area contributed by atoms with Crippen molar-refractivity contribution in [2.45, 2.75) is 22.7 Å². The van der Waals surface area contributed by atoms with E-state index in [-0.39, 0.29) is 17.3 Å². The lowest BCUT2D eigenvalue weighted by Crippen LogP contribution is -2.56. The molecule has 1 aliphatic heterocycles. The smallest absolute Gasteiger partial charge is 0.227 e. The van der Waals surface area contributed by atoms with E-state index in [1.165, 1.54) is 0 Å². The average Bonchev–Trinajstić information content (AvgIpc) is 2.71. The van der Waals surface area contributed by atoms with Crippen molar-refractivity contribution in [3.63, 3.8) is 0 Å². The van der Waals surface area contributed by atoms with Gasteiger partial charge in [-0.1, -0.05) is 78.9 Å². The van der Waals surface area contributed by atoms with Crippen LogP contribution in [0.5, 0.6) is 0 Å². The second-order valence-corrected chi connectivity index (χ2v) is 7.90. The number of amides is 1. The minimum atomic E-state index is -1.26. The van der Waals surface area contributed by atoms with E-state index < -0.39 is 10.8 Å². The summed E-state index contributed by atoms with van der Waals surface area (Å²) < 4.78 is 13.1. The molecule has 1 heterocycles. The Balaban J connectivity index is 1.73. The van der Waals surface area contributed by atoms with Crippen LogP contribution in [0.25, 0.3) is 0 Å².